The van der Waals surface area contributed by atoms with E-state index in [0.29, 0.717) is 6.04 Å². The molecule has 0 saturated carbocycles. The molecule has 3 aliphatic heterocycles. The van der Waals surface area contributed by atoms with Gasteiger partial charge in [0.05, 0.1) is 0 Å². The van der Waals surface area contributed by atoms with Crippen molar-refractivity contribution in [3.8, 4) is 0 Å². The van der Waals surface area contributed by atoms with Gasteiger partial charge in [-0.3, -0.25) is 0 Å². The van der Waals surface area contributed by atoms with Gasteiger partial charge in [-0.05, 0) is 31.8 Å². The van der Waals surface area contributed by atoms with Gasteiger partial charge in [-0.1, -0.05) is 0 Å². The topological polar surface area (TPSA) is 29.3 Å². The van der Waals surface area contributed by atoms with Crippen molar-refractivity contribution in [3.05, 3.63) is 0 Å². The van der Waals surface area contributed by atoms with E-state index in [4.69, 9.17) is 5.73 Å². The summed E-state index contributed by atoms with van der Waals surface area (Å²) in [6.45, 7) is 3.77. The Labute approximate surface area is 89.0 Å². The molecule has 3 aliphatic rings. The van der Waals surface area contributed by atoms with Gasteiger partial charge in [0.1, 0.15) is 0 Å². The van der Waals surface area contributed by atoms with Crippen molar-refractivity contribution < 1.29 is 0 Å². The number of fused-ring (bicyclic) bond motifs is 3. The van der Waals surface area contributed by atoms with Crippen LogP contribution in [0.5, 0.6) is 0 Å². The normalized spacial score (nSPS) is 40.6. The summed E-state index contributed by atoms with van der Waals surface area (Å²) in [4.78, 5) is 2.48. The highest BCUT2D eigenvalue weighted by Crippen LogP contribution is 2.25. The number of halogens is 2. The fraction of sp³-hybridized carbons (Fsp3) is 1.00. The molecule has 3 heterocycles. The minimum absolute atomic E-state index is 0. The van der Waals surface area contributed by atoms with Gasteiger partial charge in [0.15, 0.2) is 0 Å². The fourth-order valence-corrected chi connectivity index (χ4v) is 2.01. The van der Waals surface area contributed by atoms with Gasteiger partial charge in [-0.25, -0.2) is 0 Å². The summed E-state index contributed by atoms with van der Waals surface area (Å²) >= 11 is 0. The lowest BCUT2D eigenvalue weighted by Crippen LogP contribution is -2.54. The summed E-state index contributed by atoms with van der Waals surface area (Å²) < 4.78 is 0. The van der Waals surface area contributed by atoms with Crippen molar-refractivity contribution in [1.82, 2.24) is 4.90 Å². The third-order valence-electron chi connectivity index (χ3n) is 2.71. The van der Waals surface area contributed by atoms with E-state index in [2.05, 4.69) is 4.90 Å². The molecule has 68 valence electrons. The first-order valence-electron chi connectivity index (χ1n) is 3.84. The van der Waals surface area contributed by atoms with Crippen LogP contribution in [0.4, 0.5) is 0 Å². The zero-order valence-electron chi connectivity index (χ0n) is 6.53. The maximum atomic E-state index is 5.88. The van der Waals surface area contributed by atoms with E-state index in [0.717, 1.165) is 12.5 Å². The molecule has 2 nitrogen and oxygen atoms in total. The molecule has 0 amide bonds. The number of nitrogens with two attached hydrogens (primary N) is 1. The Bertz CT molecular complexity index is 113. The predicted molar refractivity (Wildman–Crippen MR) is 57.8 cm³/mol. The first kappa shape index (κ1) is 11.9. The van der Waals surface area contributed by atoms with Gasteiger partial charge >= 0.3 is 0 Å². The zero-order chi connectivity index (χ0) is 6.27. The van der Waals surface area contributed by atoms with Crippen LogP contribution in [0.3, 0.4) is 0 Å². The highest BCUT2D eigenvalue weighted by molar-refractivity contribution is 8.93. The van der Waals surface area contributed by atoms with E-state index in [1.54, 1.807) is 0 Å². The molecule has 2 bridgehead atoms. The Morgan fingerprint density at radius 3 is 1.82 bits per heavy atom. The van der Waals surface area contributed by atoms with Crippen LogP contribution in [-0.2, 0) is 0 Å². The van der Waals surface area contributed by atoms with Gasteiger partial charge in [-0.2, -0.15) is 0 Å². The Balaban J connectivity index is 0.000000500. The molecule has 0 unspecified atom stereocenters. The van der Waals surface area contributed by atoms with E-state index >= 15 is 0 Å². The fourth-order valence-electron chi connectivity index (χ4n) is 2.01. The summed E-state index contributed by atoms with van der Waals surface area (Å²) in [7, 11) is 0. The SMILES string of the molecule is Br.Br.N[C@H]1CN2CCC1CC2. The molecule has 0 aromatic rings. The number of hydrogen-bond donors (Lipinski definition) is 1. The lowest BCUT2D eigenvalue weighted by atomic mass is 9.85. The van der Waals surface area contributed by atoms with Gasteiger partial charge in [0.25, 0.3) is 0 Å². The Morgan fingerprint density at radius 2 is 1.64 bits per heavy atom. The number of hydrogen-bond acceptors (Lipinski definition) is 2. The van der Waals surface area contributed by atoms with E-state index in [-0.39, 0.29) is 34.0 Å². The first-order chi connectivity index (χ1) is 4.36. The molecule has 3 saturated heterocycles. The first-order valence-corrected chi connectivity index (χ1v) is 3.84. The van der Waals surface area contributed by atoms with Crippen LogP contribution >= 0.6 is 34.0 Å². The molecule has 11 heavy (non-hydrogen) atoms. The van der Waals surface area contributed by atoms with E-state index in [9.17, 15) is 0 Å². The van der Waals surface area contributed by atoms with Gasteiger partial charge in [0, 0.05) is 12.6 Å². The summed E-state index contributed by atoms with van der Waals surface area (Å²) in [5.74, 6) is 0.856. The molecule has 0 spiro atoms. The second-order valence-electron chi connectivity index (χ2n) is 3.30. The quantitative estimate of drug-likeness (QED) is 0.725. The van der Waals surface area contributed by atoms with Crippen molar-refractivity contribution >= 4 is 34.0 Å². The van der Waals surface area contributed by atoms with Crippen LogP contribution < -0.4 is 5.73 Å². The third-order valence-corrected chi connectivity index (χ3v) is 2.71. The molecule has 0 aromatic heterocycles. The Hall–Kier alpha value is 0.880. The molecular weight excluding hydrogens is 272 g/mol. The van der Waals surface area contributed by atoms with Crippen molar-refractivity contribution in [2.24, 2.45) is 11.7 Å². The molecule has 3 fully saturated rings. The number of rotatable bonds is 0. The van der Waals surface area contributed by atoms with Crippen molar-refractivity contribution in [2.75, 3.05) is 19.6 Å². The summed E-state index contributed by atoms with van der Waals surface area (Å²) in [6.07, 6.45) is 2.70. The Kier molecular flexibility index (Phi) is 5.18. The Morgan fingerprint density at radius 1 is 1.09 bits per heavy atom. The van der Waals surface area contributed by atoms with Crippen LogP contribution in [0.1, 0.15) is 12.8 Å². The maximum Gasteiger partial charge on any atom is 0.0197 e. The van der Waals surface area contributed by atoms with Gasteiger partial charge < -0.3 is 10.6 Å². The van der Waals surface area contributed by atoms with Crippen LogP contribution in [0.25, 0.3) is 0 Å². The van der Waals surface area contributed by atoms with Crippen molar-refractivity contribution in [3.63, 3.8) is 0 Å². The molecular formula is C7H16Br2N2. The predicted octanol–water partition coefficient (Wildman–Crippen LogP) is 1.20. The van der Waals surface area contributed by atoms with E-state index in [1.165, 1.54) is 25.9 Å². The molecule has 0 aliphatic carbocycles. The average Bonchev–Trinajstić information content (AvgIpc) is 1.90. The minimum Gasteiger partial charge on any atom is -0.326 e. The van der Waals surface area contributed by atoms with Gasteiger partial charge in [0.2, 0.25) is 0 Å². The summed E-state index contributed by atoms with van der Waals surface area (Å²) in [5.41, 5.74) is 5.88. The third kappa shape index (κ3) is 2.41. The molecule has 0 aromatic carbocycles. The van der Waals surface area contributed by atoms with Crippen molar-refractivity contribution in [2.45, 2.75) is 18.9 Å². The molecule has 4 heteroatoms. The molecule has 1 atom stereocenters. The van der Waals surface area contributed by atoms with Gasteiger partial charge in [-0.15, -0.1) is 34.0 Å². The largest absolute Gasteiger partial charge is 0.326 e. The highest BCUT2D eigenvalue weighted by Gasteiger charge is 2.31. The lowest BCUT2D eigenvalue weighted by molar-refractivity contribution is 0.0896. The number of piperidine rings is 3. The average molecular weight is 288 g/mol. The zero-order valence-corrected chi connectivity index (χ0v) is 9.96. The van der Waals surface area contributed by atoms with Crippen LogP contribution in [0.15, 0.2) is 0 Å². The second-order valence-corrected chi connectivity index (χ2v) is 3.30. The summed E-state index contributed by atoms with van der Waals surface area (Å²) in [6, 6.07) is 0.493. The standard InChI is InChI=1S/C7H14N2.2BrH/c8-7-5-9-3-1-6(7)2-4-9;;/h6-7H,1-5,8H2;2*1H/t7-;;/m0../s1. The minimum atomic E-state index is 0. The highest BCUT2D eigenvalue weighted by atomic mass is 79.9. The summed E-state index contributed by atoms with van der Waals surface area (Å²) in [5, 5.41) is 0. The van der Waals surface area contributed by atoms with E-state index < -0.39 is 0 Å². The molecule has 3 rings (SSSR count). The molecule has 0 radical (unpaired) electrons. The second kappa shape index (κ2) is 4.80. The monoisotopic (exact) mass is 286 g/mol. The van der Waals surface area contributed by atoms with Crippen LogP contribution in [0.2, 0.25) is 0 Å². The smallest absolute Gasteiger partial charge is 0.0197 e. The molecule has 2 N–H and O–H groups in total. The number of nitrogens with zero attached hydrogens (tertiary/aromatic N) is 1. The van der Waals surface area contributed by atoms with Crippen LogP contribution in [0, 0.1) is 5.92 Å². The van der Waals surface area contributed by atoms with E-state index in [1.807, 2.05) is 0 Å². The lowest BCUT2D eigenvalue weighted by Gasteiger charge is -2.43. The van der Waals surface area contributed by atoms with Crippen molar-refractivity contribution in [1.29, 1.82) is 0 Å². The maximum absolute atomic E-state index is 5.88. The van der Waals surface area contributed by atoms with Crippen LogP contribution in [-0.4, -0.2) is 30.6 Å².